The quantitative estimate of drug-likeness (QED) is 0.399. The maximum Gasteiger partial charge on any atom is 0.261 e. The molecule has 2 amide bonds. The monoisotopic (exact) mass is 516 g/mol. The van der Waals surface area contributed by atoms with Gasteiger partial charge in [-0.2, -0.15) is 0 Å². The van der Waals surface area contributed by atoms with Crippen LogP contribution < -0.4 is 10.1 Å². The standard InChI is InChI=1S/C27H37BrN2O3/c1-7-20(6)29-27(32)24(8-2)30(16-22-12-10-9-11-19(22)5)26(31)17-33-25-14-13-21(18(3)4)15-23(25)28/h9-15,18,20,24H,7-8,16-17H2,1-6H3,(H,29,32)/t20-,24-/m1/s1. The number of aryl methyl sites for hydroxylation is 1. The average Bonchev–Trinajstić information content (AvgIpc) is 2.78. The fraction of sp³-hybridized carbons (Fsp3) is 0.481. The molecular weight excluding hydrogens is 480 g/mol. The van der Waals surface area contributed by atoms with Crippen molar-refractivity contribution in [1.82, 2.24) is 10.2 Å². The summed E-state index contributed by atoms with van der Waals surface area (Å²) < 4.78 is 6.70. The van der Waals surface area contributed by atoms with Gasteiger partial charge >= 0.3 is 0 Å². The number of halogens is 1. The molecule has 180 valence electrons. The molecule has 0 spiro atoms. The summed E-state index contributed by atoms with van der Waals surface area (Å²) in [7, 11) is 0. The maximum atomic E-state index is 13.4. The molecule has 2 aromatic carbocycles. The van der Waals surface area contributed by atoms with Crippen molar-refractivity contribution in [3.05, 3.63) is 63.6 Å². The summed E-state index contributed by atoms with van der Waals surface area (Å²) >= 11 is 3.55. The lowest BCUT2D eigenvalue weighted by Gasteiger charge is -2.31. The summed E-state index contributed by atoms with van der Waals surface area (Å²) in [6.07, 6.45) is 1.35. The van der Waals surface area contributed by atoms with Crippen LogP contribution in [0.4, 0.5) is 0 Å². The van der Waals surface area contributed by atoms with Gasteiger partial charge in [-0.15, -0.1) is 0 Å². The van der Waals surface area contributed by atoms with Crippen molar-refractivity contribution in [2.75, 3.05) is 6.61 Å². The Morgan fingerprint density at radius 2 is 1.76 bits per heavy atom. The number of nitrogens with zero attached hydrogens (tertiary/aromatic N) is 1. The van der Waals surface area contributed by atoms with Crippen molar-refractivity contribution in [2.24, 2.45) is 0 Å². The minimum absolute atomic E-state index is 0.0497. The van der Waals surface area contributed by atoms with Crippen molar-refractivity contribution < 1.29 is 14.3 Å². The fourth-order valence-electron chi connectivity index (χ4n) is 3.55. The van der Waals surface area contributed by atoms with E-state index in [9.17, 15) is 9.59 Å². The Morgan fingerprint density at radius 1 is 1.06 bits per heavy atom. The van der Waals surface area contributed by atoms with Gasteiger partial charge in [-0.1, -0.05) is 58.0 Å². The van der Waals surface area contributed by atoms with Gasteiger partial charge in [0.05, 0.1) is 4.47 Å². The molecule has 2 aromatic rings. The van der Waals surface area contributed by atoms with Gasteiger partial charge < -0.3 is 15.0 Å². The van der Waals surface area contributed by atoms with Crippen LogP contribution in [-0.4, -0.2) is 35.4 Å². The zero-order valence-corrected chi connectivity index (χ0v) is 22.2. The van der Waals surface area contributed by atoms with Gasteiger partial charge in [0.2, 0.25) is 5.91 Å². The topological polar surface area (TPSA) is 58.6 Å². The second-order valence-electron chi connectivity index (χ2n) is 8.82. The lowest BCUT2D eigenvalue weighted by atomic mass is 10.0. The van der Waals surface area contributed by atoms with Gasteiger partial charge in [-0.25, -0.2) is 0 Å². The number of hydrogen-bond acceptors (Lipinski definition) is 3. The Hall–Kier alpha value is -2.34. The predicted octanol–water partition coefficient (Wildman–Crippen LogP) is 5.98. The van der Waals surface area contributed by atoms with Gasteiger partial charge in [0, 0.05) is 12.6 Å². The van der Waals surface area contributed by atoms with E-state index in [4.69, 9.17) is 4.74 Å². The van der Waals surface area contributed by atoms with Crippen LogP contribution in [0.2, 0.25) is 0 Å². The summed E-state index contributed by atoms with van der Waals surface area (Å²) in [6, 6.07) is 13.3. The molecule has 0 saturated heterocycles. The molecule has 0 fully saturated rings. The summed E-state index contributed by atoms with van der Waals surface area (Å²) in [5.41, 5.74) is 3.29. The Labute approximate surface area is 207 Å². The predicted molar refractivity (Wildman–Crippen MR) is 137 cm³/mol. The first-order valence-corrected chi connectivity index (χ1v) is 12.5. The molecule has 0 aliphatic rings. The molecule has 0 saturated carbocycles. The van der Waals surface area contributed by atoms with E-state index < -0.39 is 6.04 Å². The van der Waals surface area contributed by atoms with Crippen LogP contribution in [-0.2, 0) is 16.1 Å². The number of carbonyl (C=O) groups excluding carboxylic acids is 2. The third kappa shape index (κ3) is 7.60. The number of nitrogens with one attached hydrogen (secondary N) is 1. The molecule has 1 N–H and O–H groups in total. The van der Waals surface area contributed by atoms with Crippen LogP contribution in [0, 0.1) is 6.92 Å². The van der Waals surface area contributed by atoms with E-state index in [1.165, 1.54) is 5.56 Å². The molecule has 0 heterocycles. The Balaban J connectivity index is 2.25. The minimum atomic E-state index is -0.568. The first kappa shape index (κ1) is 26.9. The van der Waals surface area contributed by atoms with Gasteiger partial charge in [-0.05, 0) is 77.4 Å². The fourth-order valence-corrected chi connectivity index (χ4v) is 4.06. The lowest BCUT2D eigenvalue weighted by Crippen LogP contribution is -2.51. The number of ether oxygens (including phenoxy) is 1. The molecule has 5 nitrogen and oxygen atoms in total. The van der Waals surface area contributed by atoms with Crippen LogP contribution in [0.5, 0.6) is 5.75 Å². The molecule has 0 aliphatic carbocycles. The van der Waals surface area contributed by atoms with Gasteiger partial charge in [0.15, 0.2) is 6.61 Å². The number of benzene rings is 2. The van der Waals surface area contributed by atoms with Crippen LogP contribution in [0.25, 0.3) is 0 Å². The van der Waals surface area contributed by atoms with Crippen LogP contribution in [0.1, 0.15) is 70.1 Å². The highest BCUT2D eigenvalue weighted by atomic mass is 79.9. The van der Waals surface area contributed by atoms with E-state index in [-0.39, 0.29) is 24.5 Å². The van der Waals surface area contributed by atoms with Crippen molar-refractivity contribution in [3.8, 4) is 5.75 Å². The first-order valence-electron chi connectivity index (χ1n) is 11.7. The van der Waals surface area contributed by atoms with Gasteiger partial charge in [0.25, 0.3) is 5.91 Å². The SMILES string of the molecule is CC[C@@H](C)NC(=O)[C@@H](CC)N(Cc1ccccc1C)C(=O)COc1ccc(C(C)C)cc1Br. The molecule has 0 radical (unpaired) electrons. The molecule has 0 unspecified atom stereocenters. The molecule has 0 aromatic heterocycles. The van der Waals surface area contributed by atoms with Crippen molar-refractivity contribution in [1.29, 1.82) is 0 Å². The molecule has 6 heteroatoms. The van der Waals surface area contributed by atoms with Crippen molar-refractivity contribution >= 4 is 27.7 Å². The van der Waals surface area contributed by atoms with E-state index in [0.29, 0.717) is 24.6 Å². The van der Waals surface area contributed by atoms with Gasteiger partial charge in [0.1, 0.15) is 11.8 Å². The van der Waals surface area contributed by atoms with Crippen LogP contribution in [0.15, 0.2) is 46.9 Å². The van der Waals surface area contributed by atoms with E-state index in [1.807, 2.05) is 70.2 Å². The smallest absolute Gasteiger partial charge is 0.261 e. The van der Waals surface area contributed by atoms with Crippen LogP contribution in [0.3, 0.4) is 0 Å². The van der Waals surface area contributed by atoms with E-state index in [2.05, 4.69) is 35.1 Å². The van der Waals surface area contributed by atoms with E-state index in [1.54, 1.807) is 4.90 Å². The summed E-state index contributed by atoms with van der Waals surface area (Å²) in [5.74, 6) is 0.664. The Morgan fingerprint density at radius 3 is 2.33 bits per heavy atom. The number of carbonyl (C=O) groups is 2. The maximum absolute atomic E-state index is 13.4. The Kier molecular flexibility index (Phi) is 10.4. The molecular formula is C27H37BrN2O3. The number of hydrogen-bond donors (Lipinski definition) is 1. The second kappa shape index (κ2) is 12.8. The van der Waals surface area contributed by atoms with Crippen LogP contribution >= 0.6 is 15.9 Å². The molecule has 0 bridgehead atoms. The second-order valence-corrected chi connectivity index (χ2v) is 9.68. The Bertz CT molecular complexity index is 945. The molecule has 2 rings (SSSR count). The summed E-state index contributed by atoms with van der Waals surface area (Å²) in [6.45, 7) is 12.4. The largest absolute Gasteiger partial charge is 0.483 e. The van der Waals surface area contributed by atoms with Crippen molar-refractivity contribution in [3.63, 3.8) is 0 Å². The average molecular weight is 518 g/mol. The molecule has 2 atom stereocenters. The number of amides is 2. The zero-order valence-electron chi connectivity index (χ0n) is 20.7. The lowest BCUT2D eigenvalue weighted by molar-refractivity contribution is -0.143. The van der Waals surface area contributed by atoms with E-state index in [0.717, 1.165) is 22.0 Å². The first-order chi connectivity index (χ1) is 15.7. The highest BCUT2D eigenvalue weighted by molar-refractivity contribution is 9.10. The summed E-state index contributed by atoms with van der Waals surface area (Å²) in [5, 5.41) is 3.03. The number of rotatable bonds is 11. The van der Waals surface area contributed by atoms with Crippen molar-refractivity contribution in [2.45, 2.75) is 78.9 Å². The third-order valence-electron chi connectivity index (χ3n) is 5.96. The molecule has 0 aliphatic heterocycles. The highest BCUT2D eigenvalue weighted by Gasteiger charge is 2.30. The molecule has 33 heavy (non-hydrogen) atoms. The minimum Gasteiger partial charge on any atom is -0.483 e. The summed E-state index contributed by atoms with van der Waals surface area (Å²) in [4.78, 5) is 28.1. The highest BCUT2D eigenvalue weighted by Crippen LogP contribution is 2.29. The zero-order chi connectivity index (χ0) is 24.5. The third-order valence-corrected chi connectivity index (χ3v) is 6.58. The van der Waals surface area contributed by atoms with E-state index >= 15 is 0 Å². The van der Waals surface area contributed by atoms with Gasteiger partial charge in [-0.3, -0.25) is 9.59 Å². The normalized spacial score (nSPS) is 12.8.